The first-order chi connectivity index (χ1) is 9.32. The second-order valence-corrected chi connectivity index (χ2v) is 5.87. The molecule has 0 aromatic carbocycles. The van der Waals surface area contributed by atoms with Crippen LogP contribution in [-0.2, 0) is 4.79 Å². The zero-order valence-electron chi connectivity index (χ0n) is 12.4. The van der Waals surface area contributed by atoms with Crippen molar-refractivity contribution >= 4 is 28.7 Å². The van der Waals surface area contributed by atoms with E-state index in [2.05, 4.69) is 9.97 Å². The first-order valence-electron chi connectivity index (χ1n) is 6.52. The van der Waals surface area contributed by atoms with Crippen LogP contribution >= 0.6 is 11.6 Å². The van der Waals surface area contributed by atoms with Crippen LogP contribution in [0.1, 0.15) is 36.7 Å². The Morgan fingerprint density at radius 1 is 1.40 bits per heavy atom. The van der Waals surface area contributed by atoms with Crippen molar-refractivity contribution in [2.24, 2.45) is 0 Å². The van der Waals surface area contributed by atoms with Gasteiger partial charge in [-0.15, -0.1) is 11.6 Å². The molecule has 108 valence electrons. The van der Waals surface area contributed by atoms with Gasteiger partial charge in [-0.25, -0.2) is 9.97 Å². The standard InChI is InChI=1S/C14H19ClN4O/c1-8-6-11-13(16-7-8)19(12(17-11)9(2)15)10(3)14(20)18(4)5/h6-7,9-10H,1-5H3. The number of alkyl halides is 1. The van der Waals surface area contributed by atoms with Gasteiger partial charge in [0.15, 0.2) is 5.65 Å². The summed E-state index contributed by atoms with van der Waals surface area (Å²) in [5.74, 6) is 0.660. The molecule has 0 saturated carbocycles. The first-order valence-corrected chi connectivity index (χ1v) is 6.96. The summed E-state index contributed by atoms with van der Waals surface area (Å²) in [6.07, 6.45) is 1.77. The minimum Gasteiger partial charge on any atom is -0.347 e. The number of nitrogens with zero attached hydrogens (tertiary/aromatic N) is 4. The third-order valence-corrected chi connectivity index (χ3v) is 3.43. The predicted octanol–water partition coefficient (Wildman–Crippen LogP) is 2.69. The Balaban J connectivity index is 2.66. The van der Waals surface area contributed by atoms with Gasteiger partial charge in [-0.3, -0.25) is 9.36 Å². The van der Waals surface area contributed by atoms with Crippen LogP contribution in [0.3, 0.4) is 0 Å². The van der Waals surface area contributed by atoms with Gasteiger partial charge < -0.3 is 4.90 Å². The van der Waals surface area contributed by atoms with Crippen molar-refractivity contribution < 1.29 is 4.79 Å². The van der Waals surface area contributed by atoms with Gasteiger partial charge in [0.25, 0.3) is 0 Å². The van der Waals surface area contributed by atoms with E-state index < -0.39 is 0 Å². The highest BCUT2D eigenvalue weighted by Crippen LogP contribution is 2.27. The molecule has 0 saturated heterocycles. The summed E-state index contributed by atoms with van der Waals surface area (Å²) >= 11 is 6.21. The van der Waals surface area contributed by atoms with Crippen molar-refractivity contribution in [1.82, 2.24) is 19.4 Å². The molecule has 2 aromatic rings. The van der Waals surface area contributed by atoms with Crippen LogP contribution in [0.15, 0.2) is 12.3 Å². The summed E-state index contributed by atoms with van der Waals surface area (Å²) in [6, 6.07) is 1.57. The summed E-state index contributed by atoms with van der Waals surface area (Å²) < 4.78 is 1.83. The van der Waals surface area contributed by atoms with Crippen LogP contribution in [0.2, 0.25) is 0 Å². The Bertz CT molecular complexity index is 648. The molecular weight excluding hydrogens is 276 g/mol. The molecule has 2 heterocycles. The number of carbonyl (C=O) groups excluding carboxylic acids is 1. The van der Waals surface area contributed by atoms with E-state index in [-0.39, 0.29) is 17.3 Å². The van der Waals surface area contributed by atoms with Crippen molar-refractivity contribution in [3.8, 4) is 0 Å². The monoisotopic (exact) mass is 294 g/mol. The fourth-order valence-corrected chi connectivity index (χ4v) is 2.40. The average molecular weight is 295 g/mol. The third-order valence-electron chi connectivity index (χ3n) is 3.24. The molecule has 6 heteroatoms. The number of aryl methyl sites for hydroxylation is 1. The summed E-state index contributed by atoms with van der Waals surface area (Å²) in [5.41, 5.74) is 2.49. The number of amides is 1. The summed E-state index contributed by atoms with van der Waals surface area (Å²) in [6.45, 7) is 5.65. The molecule has 2 atom stereocenters. The second-order valence-electron chi connectivity index (χ2n) is 5.22. The lowest BCUT2D eigenvalue weighted by Crippen LogP contribution is -2.31. The Morgan fingerprint density at radius 2 is 2.05 bits per heavy atom. The molecular formula is C14H19ClN4O. The second kappa shape index (κ2) is 5.40. The number of hydrogen-bond donors (Lipinski definition) is 0. The van der Waals surface area contributed by atoms with Crippen molar-refractivity contribution in [3.63, 3.8) is 0 Å². The molecule has 0 spiro atoms. The minimum atomic E-state index is -0.388. The molecule has 0 aliphatic carbocycles. The number of halogens is 1. The molecule has 0 fully saturated rings. The lowest BCUT2D eigenvalue weighted by molar-refractivity contribution is -0.131. The van der Waals surface area contributed by atoms with Crippen molar-refractivity contribution in [3.05, 3.63) is 23.7 Å². The number of pyridine rings is 1. The van der Waals surface area contributed by atoms with E-state index in [0.717, 1.165) is 11.1 Å². The van der Waals surface area contributed by atoms with E-state index in [1.54, 1.807) is 25.2 Å². The zero-order valence-corrected chi connectivity index (χ0v) is 13.1. The zero-order chi connectivity index (χ0) is 15.0. The largest absolute Gasteiger partial charge is 0.347 e. The fraction of sp³-hybridized carbons (Fsp3) is 0.500. The maximum Gasteiger partial charge on any atom is 0.244 e. The van der Waals surface area contributed by atoms with E-state index in [4.69, 9.17) is 11.6 Å². The maximum absolute atomic E-state index is 12.2. The smallest absolute Gasteiger partial charge is 0.244 e. The van der Waals surface area contributed by atoms with Gasteiger partial charge in [-0.2, -0.15) is 0 Å². The van der Waals surface area contributed by atoms with Crippen LogP contribution in [0.4, 0.5) is 0 Å². The number of likely N-dealkylation sites (N-methyl/N-ethyl adjacent to an activating group) is 1. The summed E-state index contributed by atoms with van der Waals surface area (Å²) in [5, 5.41) is -0.290. The Labute approximate surface area is 123 Å². The van der Waals surface area contributed by atoms with Gasteiger partial charge in [0, 0.05) is 20.3 Å². The lowest BCUT2D eigenvalue weighted by Gasteiger charge is -2.20. The van der Waals surface area contributed by atoms with Crippen LogP contribution in [-0.4, -0.2) is 39.4 Å². The van der Waals surface area contributed by atoms with Gasteiger partial charge in [0.05, 0.1) is 5.38 Å². The van der Waals surface area contributed by atoms with Crippen molar-refractivity contribution in [2.75, 3.05) is 14.1 Å². The molecule has 5 nitrogen and oxygen atoms in total. The molecule has 2 aromatic heterocycles. The molecule has 2 unspecified atom stereocenters. The topological polar surface area (TPSA) is 51.0 Å². The Kier molecular flexibility index (Phi) is 3.99. The van der Waals surface area contributed by atoms with Crippen molar-refractivity contribution in [2.45, 2.75) is 32.2 Å². The molecule has 0 aliphatic heterocycles. The Morgan fingerprint density at radius 3 is 2.60 bits per heavy atom. The number of imidazole rings is 1. The van der Waals surface area contributed by atoms with Crippen LogP contribution in [0.5, 0.6) is 0 Å². The molecule has 0 bridgehead atoms. The highest BCUT2D eigenvalue weighted by molar-refractivity contribution is 6.20. The van der Waals surface area contributed by atoms with E-state index in [9.17, 15) is 4.79 Å². The van der Waals surface area contributed by atoms with Gasteiger partial charge >= 0.3 is 0 Å². The quantitative estimate of drug-likeness (QED) is 0.818. The van der Waals surface area contributed by atoms with Crippen LogP contribution < -0.4 is 0 Å². The van der Waals surface area contributed by atoms with Crippen LogP contribution in [0.25, 0.3) is 11.2 Å². The highest BCUT2D eigenvalue weighted by Gasteiger charge is 2.25. The summed E-state index contributed by atoms with van der Waals surface area (Å²) in [7, 11) is 3.47. The molecule has 20 heavy (non-hydrogen) atoms. The lowest BCUT2D eigenvalue weighted by atomic mass is 10.2. The molecule has 1 amide bonds. The van der Waals surface area contributed by atoms with Crippen LogP contribution in [0, 0.1) is 6.92 Å². The Hall–Kier alpha value is -1.62. The van der Waals surface area contributed by atoms with Gasteiger partial charge in [-0.05, 0) is 32.4 Å². The third kappa shape index (κ3) is 2.50. The number of carbonyl (C=O) groups is 1. The average Bonchev–Trinajstić information content (AvgIpc) is 2.75. The first kappa shape index (κ1) is 14.8. The molecule has 2 rings (SSSR count). The predicted molar refractivity (Wildman–Crippen MR) is 79.9 cm³/mol. The number of aromatic nitrogens is 3. The fourth-order valence-electron chi connectivity index (χ4n) is 2.25. The number of rotatable bonds is 3. The van der Waals surface area contributed by atoms with E-state index in [0.29, 0.717) is 11.5 Å². The summed E-state index contributed by atoms with van der Waals surface area (Å²) in [4.78, 5) is 22.7. The van der Waals surface area contributed by atoms with Gasteiger partial charge in [-0.1, -0.05) is 0 Å². The molecule has 0 radical (unpaired) electrons. The van der Waals surface area contributed by atoms with E-state index in [1.165, 1.54) is 0 Å². The SMILES string of the molecule is Cc1cnc2c(c1)nc(C(C)Cl)n2C(C)C(=O)N(C)C. The van der Waals surface area contributed by atoms with E-state index in [1.807, 2.05) is 31.4 Å². The maximum atomic E-state index is 12.2. The van der Waals surface area contributed by atoms with Crippen molar-refractivity contribution in [1.29, 1.82) is 0 Å². The highest BCUT2D eigenvalue weighted by atomic mass is 35.5. The van der Waals surface area contributed by atoms with Gasteiger partial charge in [0.2, 0.25) is 5.91 Å². The van der Waals surface area contributed by atoms with E-state index >= 15 is 0 Å². The number of hydrogen-bond acceptors (Lipinski definition) is 3. The minimum absolute atomic E-state index is 0.00904. The van der Waals surface area contributed by atoms with Gasteiger partial charge in [0.1, 0.15) is 17.4 Å². The number of fused-ring (bicyclic) bond motifs is 1. The normalized spacial score (nSPS) is 14.3. The molecule has 0 N–H and O–H groups in total. The molecule has 0 aliphatic rings.